The van der Waals surface area contributed by atoms with E-state index in [1.807, 2.05) is 0 Å². The lowest BCUT2D eigenvalue weighted by Gasteiger charge is -2.32. The summed E-state index contributed by atoms with van der Waals surface area (Å²) in [6, 6.07) is 8.89. The van der Waals surface area contributed by atoms with Crippen molar-refractivity contribution in [1.29, 1.82) is 0 Å². The molecule has 0 radical (unpaired) electrons. The van der Waals surface area contributed by atoms with Gasteiger partial charge in [-0.15, -0.1) is 0 Å². The summed E-state index contributed by atoms with van der Waals surface area (Å²) in [5, 5.41) is 14.8. The van der Waals surface area contributed by atoms with Gasteiger partial charge in [0.25, 0.3) is 0 Å². The molecule has 0 saturated carbocycles. The highest BCUT2D eigenvalue weighted by Gasteiger charge is 2.13. The van der Waals surface area contributed by atoms with Crippen LogP contribution in [0.3, 0.4) is 0 Å². The van der Waals surface area contributed by atoms with Crippen LogP contribution in [0.4, 0.5) is 5.69 Å². The Bertz CT molecular complexity index is 497. The maximum atomic E-state index is 9.10. The molecule has 0 bridgehead atoms. The lowest BCUT2D eigenvalue weighted by Crippen LogP contribution is -2.43. The molecule has 0 atom stereocenters. The van der Waals surface area contributed by atoms with Crippen LogP contribution < -0.4 is 4.90 Å². The van der Waals surface area contributed by atoms with Crippen LogP contribution in [0.25, 0.3) is 0 Å². The van der Waals surface area contributed by atoms with Crippen LogP contribution in [0.1, 0.15) is 5.56 Å². The van der Waals surface area contributed by atoms with Gasteiger partial charge in [0.05, 0.1) is 0 Å². The summed E-state index contributed by atoms with van der Waals surface area (Å²) in [7, 11) is 6.36. The zero-order chi connectivity index (χ0) is 17.4. The molecule has 0 aliphatic carbocycles. The molecule has 0 spiro atoms. The first-order chi connectivity index (χ1) is 10.8. The maximum Gasteiger partial charge on any atom is 0.414 e. The number of carbonyl (C=O) groups is 2. The first-order valence-corrected chi connectivity index (χ1v) is 7.43. The first kappa shape index (κ1) is 18.9. The van der Waals surface area contributed by atoms with Gasteiger partial charge in [-0.2, -0.15) is 0 Å². The summed E-state index contributed by atoms with van der Waals surface area (Å²) in [6.45, 7) is 5.84. The molecule has 1 aromatic rings. The molecule has 2 rings (SSSR count). The number of likely N-dealkylation sites (N-methyl/N-ethyl adjacent to an activating group) is 1. The average Bonchev–Trinajstić information content (AvgIpc) is 2.50. The molecular formula is C16H25N3O4. The van der Waals surface area contributed by atoms with Crippen molar-refractivity contribution in [3.05, 3.63) is 29.8 Å². The topological polar surface area (TPSA) is 84.3 Å². The second-order valence-electron chi connectivity index (χ2n) is 5.75. The minimum absolute atomic E-state index is 1.08. The smallest absolute Gasteiger partial charge is 0.414 e. The number of hydrogen-bond acceptors (Lipinski definition) is 5. The monoisotopic (exact) mass is 323 g/mol. The van der Waals surface area contributed by atoms with Gasteiger partial charge < -0.3 is 20.0 Å². The van der Waals surface area contributed by atoms with E-state index in [1.54, 1.807) is 0 Å². The van der Waals surface area contributed by atoms with Crippen molar-refractivity contribution in [2.75, 3.05) is 52.2 Å². The predicted molar refractivity (Wildman–Crippen MR) is 88.8 cm³/mol. The number of hydrogen-bond donors (Lipinski definition) is 2. The van der Waals surface area contributed by atoms with E-state index in [1.165, 1.54) is 37.4 Å². The quantitative estimate of drug-likeness (QED) is 0.790. The summed E-state index contributed by atoms with van der Waals surface area (Å²) < 4.78 is 0. The molecule has 7 nitrogen and oxygen atoms in total. The molecule has 1 aliphatic heterocycles. The lowest BCUT2D eigenvalue weighted by molar-refractivity contribution is -0.159. The van der Waals surface area contributed by atoms with Crippen molar-refractivity contribution in [2.45, 2.75) is 6.54 Å². The highest BCUT2D eigenvalue weighted by Crippen LogP contribution is 2.14. The third-order valence-corrected chi connectivity index (χ3v) is 3.64. The SMILES string of the molecule is CN1CCN(Cc2ccc(N(C)C)cc2)CC1.O=C(O)C(=O)O. The second-order valence-corrected chi connectivity index (χ2v) is 5.75. The number of benzene rings is 1. The molecule has 1 aromatic carbocycles. The van der Waals surface area contributed by atoms with Crippen LogP contribution in [-0.4, -0.2) is 79.3 Å². The molecule has 0 aromatic heterocycles. The van der Waals surface area contributed by atoms with Crippen molar-refractivity contribution in [1.82, 2.24) is 9.80 Å². The van der Waals surface area contributed by atoms with E-state index in [0.717, 1.165) is 6.54 Å². The number of carboxylic acids is 2. The predicted octanol–water partition coefficient (Wildman–Crippen LogP) is 0.656. The number of anilines is 1. The zero-order valence-electron chi connectivity index (χ0n) is 13.9. The van der Waals surface area contributed by atoms with Gasteiger partial charge in [0.15, 0.2) is 0 Å². The van der Waals surface area contributed by atoms with Gasteiger partial charge in [0.1, 0.15) is 0 Å². The van der Waals surface area contributed by atoms with Gasteiger partial charge in [-0.3, -0.25) is 4.90 Å². The third-order valence-electron chi connectivity index (χ3n) is 3.64. The largest absolute Gasteiger partial charge is 0.473 e. The van der Waals surface area contributed by atoms with Crippen molar-refractivity contribution >= 4 is 17.6 Å². The van der Waals surface area contributed by atoms with Gasteiger partial charge in [0, 0.05) is 52.5 Å². The highest BCUT2D eigenvalue weighted by molar-refractivity contribution is 6.27. The van der Waals surface area contributed by atoms with Gasteiger partial charge >= 0.3 is 11.9 Å². The standard InChI is InChI=1S/C14H23N3.C2H2O4/c1-15(2)14-6-4-13(5-7-14)12-17-10-8-16(3)9-11-17;3-1(4)2(5)6/h4-7H,8-12H2,1-3H3;(H,3,4)(H,5,6). The normalized spacial score (nSPS) is 15.4. The Morgan fingerprint density at radius 2 is 1.48 bits per heavy atom. The average molecular weight is 323 g/mol. The lowest BCUT2D eigenvalue weighted by atomic mass is 10.1. The number of nitrogens with zero attached hydrogens (tertiary/aromatic N) is 3. The van der Waals surface area contributed by atoms with E-state index in [2.05, 4.69) is 60.1 Å². The fourth-order valence-electron chi connectivity index (χ4n) is 2.16. The molecule has 1 aliphatic rings. The van der Waals surface area contributed by atoms with Gasteiger partial charge in [-0.05, 0) is 24.7 Å². The molecule has 1 heterocycles. The summed E-state index contributed by atoms with van der Waals surface area (Å²) in [5.74, 6) is -3.65. The van der Waals surface area contributed by atoms with E-state index in [9.17, 15) is 0 Å². The summed E-state index contributed by atoms with van der Waals surface area (Å²) >= 11 is 0. The van der Waals surface area contributed by atoms with Crippen LogP contribution in [0.5, 0.6) is 0 Å². The zero-order valence-corrected chi connectivity index (χ0v) is 13.9. The Kier molecular flexibility index (Phi) is 7.50. The van der Waals surface area contributed by atoms with Crippen molar-refractivity contribution in [2.24, 2.45) is 0 Å². The fourth-order valence-corrected chi connectivity index (χ4v) is 2.16. The Morgan fingerprint density at radius 3 is 1.87 bits per heavy atom. The number of piperazine rings is 1. The van der Waals surface area contributed by atoms with Gasteiger partial charge in [-0.1, -0.05) is 12.1 Å². The molecule has 0 unspecified atom stereocenters. The van der Waals surface area contributed by atoms with Crippen molar-refractivity contribution in [3.8, 4) is 0 Å². The maximum absolute atomic E-state index is 9.10. The second kappa shape index (κ2) is 9.12. The highest BCUT2D eigenvalue weighted by atomic mass is 16.4. The fraction of sp³-hybridized carbons (Fsp3) is 0.500. The van der Waals surface area contributed by atoms with Crippen LogP contribution >= 0.6 is 0 Å². The summed E-state index contributed by atoms with van der Waals surface area (Å²) in [5.41, 5.74) is 2.69. The molecule has 1 fully saturated rings. The molecule has 2 N–H and O–H groups in total. The molecule has 23 heavy (non-hydrogen) atoms. The third kappa shape index (κ3) is 7.12. The Hall–Kier alpha value is -2.12. The molecule has 7 heteroatoms. The van der Waals surface area contributed by atoms with Crippen LogP contribution in [-0.2, 0) is 16.1 Å². The van der Waals surface area contributed by atoms with E-state index in [-0.39, 0.29) is 0 Å². The van der Waals surface area contributed by atoms with Gasteiger partial charge in [-0.25, -0.2) is 9.59 Å². The number of aliphatic carboxylic acids is 2. The Balaban J connectivity index is 0.000000379. The Morgan fingerprint density at radius 1 is 1.00 bits per heavy atom. The first-order valence-electron chi connectivity index (χ1n) is 7.43. The minimum atomic E-state index is -1.82. The van der Waals surface area contributed by atoms with E-state index in [0.29, 0.717) is 0 Å². The van der Waals surface area contributed by atoms with E-state index >= 15 is 0 Å². The molecule has 1 saturated heterocycles. The summed E-state index contributed by atoms with van der Waals surface area (Å²) in [4.78, 5) is 25.3. The van der Waals surface area contributed by atoms with Crippen LogP contribution in [0, 0.1) is 0 Å². The van der Waals surface area contributed by atoms with Crippen molar-refractivity contribution in [3.63, 3.8) is 0 Å². The van der Waals surface area contributed by atoms with E-state index in [4.69, 9.17) is 19.8 Å². The molecule has 0 amide bonds. The van der Waals surface area contributed by atoms with Gasteiger partial charge in [0.2, 0.25) is 0 Å². The number of carboxylic acid groups (broad SMARTS) is 2. The summed E-state index contributed by atoms with van der Waals surface area (Å²) in [6.07, 6.45) is 0. The van der Waals surface area contributed by atoms with Crippen molar-refractivity contribution < 1.29 is 19.8 Å². The molecular weight excluding hydrogens is 298 g/mol. The van der Waals surface area contributed by atoms with E-state index < -0.39 is 11.9 Å². The molecule has 128 valence electrons. The number of rotatable bonds is 3. The Labute approximate surface area is 136 Å². The van der Waals surface area contributed by atoms with Crippen LogP contribution in [0.15, 0.2) is 24.3 Å². The van der Waals surface area contributed by atoms with Crippen LogP contribution in [0.2, 0.25) is 0 Å². The minimum Gasteiger partial charge on any atom is -0.473 e.